The molecule has 0 saturated carbocycles. The standard InChI is InChI=1S/C18H19N5O/c19-17-21-16(12-11-14-7-3-1-4-8-14)23(18(20)22-17)24-13-15-9-5-2-6-10-15/h1-12,16H,13H2,(H4,19,20,21,22). The van der Waals surface area contributed by atoms with E-state index in [1.54, 1.807) is 0 Å². The van der Waals surface area contributed by atoms with Crippen molar-refractivity contribution in [1.82, 2.24) is 5.06 Å². The Bertz CT molecular complexity index is 755. The van der Waals surface area contributed by atoms with Crippen LogP contribution in [0.15, 0.2) is 76.7 Å². The molecule has 0 saturated heterocycles. The summed E-state index contributed by atoms with van der Waals surface area (Å²) in [6.07, 6.45) is 3.35. The summed E-state index contributed by atoms with van der Waals surface area (Å²) >= 11 is 0. The van der Waals surface area contributed by atoms with Crippen molar-refractivity contribution in [3.8, 4) is 0 Å². The maximum atomic E-state index is 5.95. The number of hydrogen-bond donors (Lipinski definition) is 2. The van der Waals surface area contributed by atoms with Crippen LogP contribution < -0.4 is 11.5 Å². The number of hydroxylamine groups is 2. The summed E-state index contributed by atoms with van der Waals surface area (Å²) in [6, 6.07) is 19.7. The minimum absolute atomic E-state index is 0.134. The second kappa shape index (κ2) is 7.43. The fourth-order valence-electron chi connectivity index (χ4n) is 2.26. The maximum Gasteiger partial charge on any atom is 0.226 e. The predicted molar refractivity (Wildman–Crippen MR) is 95.6 cm³/mol. The smallest absolute Gasteiger partial charge is 0.226 e. The number of benzene rings is 2. The van der Waals surface area contributed by atoms with Crippen molar-refractivity contribution in [2.24, 2.45) is 21.5 Å². The van der Waals surface area contributed by atoms with E-state index < -0.39 is 6.17 Å². The molecule has 1 atom stereocenters. The third kappa shape index (κ3) is 3.99. The Hall–Kier alpha value is -3.12. The minimum Gasteiger partial charge on any atom is -0.368 e. The Morgan fingerprint density at radius 3 is 2.38 bits per heavy atom. The van der Waals surface area contributed by atoms with Crippen LogP contribution in [-0.4, -0.2) is 23.1 Å². The van der Waals surface area contributed by atoms with E-state index >= 15 is 0 Å². The summed E-state index contributed by atoms with van der Waals surface area (Å²) in [5.41, 5.74) is 13.7. The van der Waals surface area contributed by atoms with Gasteiger partial charge in [0.2, 0.25) is 11.9 Å². The number of nitrogens with zero attached hydrogens (tertiary/aromatic N) is 3. The number of guanidine groups is 2. The van der Waals surface area contributed by atoms with Crippen molar-refractivity contribution in [2.45, 2.75) is 12.8 Å². The molecule has 0 aliphatic carbocycles. The summed E-state index contributed by atoms with van der Waals surface area (Å²) in [6.45, 7) is 0.363. The lowest BCUT2D eigenvalue weighted by atomic mass is 10.2. The van der Waals surface area contributed by atoms with Crippen LogP contribution in [0.1, 0.15) is 11.1 Å². The highest BCUT2D eigenvalue weighted by atomic mass is 16.7. The van der Waals surface area contributed by atoms with Crippen LogP contribution in [0.4, 0.5) is 0 Å². The van der Waals surface area contributed by atoms with Gasteiger partial charge in [-0.1, -0.05) is 66.7 Å². The van der Waals surface area contributed by atoms with Gasteiger partial charge in [0.05, 0.1) is 0 Å². The first-order valence-corrected chi connectivity index (χ1v) is 7.59. The molecule has 6 nitrogen and oxygen atoms in total. The van der Waals surface area contributed by atoms with Crippen molar-refractivity contribution in [3.05, 3.63) is 77.9 Å². The van der Waals surface area contributed by atoms with Crippen molar-refractivity contribution in [1.29, 1.82) is 0 Å². The summed E-state index contributed by atoms with van der Waals surface area (Å²) < 4.78 is 0. The second-order valence-corrected chi connectivity index (χ2v) is 5.23. The molecule has 1 unspecified atom stereocenters. The van der Waals surface area contributed by atoms with E-state index in [0.717, 1.165) is 11.1 Å². The van der Waals surface area contributed by atoms with Crippen molar-refractivity contribution < 1.29 is 4.84 Å². The molecule has 1 heterocycles. The van der Waals surface area contributed by atoms with E-state index in [4.69, 9.17) is 16.3 Å². The van der Waals surface area contributed by atoms with Gasteiger partial charge >= 0.3 is 0 Å². The molecule has 122 valence electrons. The fraction of sp³-hybridized carbons (Fsp3) is 0.111. The van der Waals surface area contributed by atoms with E-state index in [1.807, 2.05) is 72.8 Å². The quantitative estimate of drug-likeness (QED) is 0.882. The average molecular weight is 321 g/mol. The van der Waals surface area contributed by atoms with Crippen LogP contribution in [0, 0.1) is 0 Å². The van der Waals surface area contributed by atoms with Gasteiger partial charge in [0.25, 0.3) is 0 Å². The third-order valence-corrected chi connectivity index (χ3v) is 3.43. The zero-order valence-electron chi connectivity index (χ0n) is 13.1. The SMILES string of the molecule is NC1=NC(C=Cc2ccccc2)N(OCc2ccccc2)C(N)=N1. The molecular formula is C18H19N5O. The predicted octanol–water partition coefficient (Wildman–Crippen LogP) is 2.10. The minimum atomic E-state index is -0.466. The van der Waals surface area contributed by atoms with Gasteiger partial charge in [-0.2, -0.15) is 10.1 Å². The first-order chi connectivity index (χ1) is 11.7. The highest BCUT2D eigenvalue weighted by Crippen LogP contribution is 2.13. The van der Waals surface area contributed by atoms with E-state index in [-0.39, 0.29) is 11.9 Å². The summed E-state index contributed by atoms with van der Waals surface area (Å²) in [5.74, 6) is 0.316. The van der Waals surface area contributed by atoms with Gasteiger partial charge in [-0.05, 0) is 17.2 Å². The molecule has 1 aliphatic heterocycles. The van der Waals surface area contributed by atoms with Crippen LogP contribution in [-0.2, 0) is 11.4 Å². The number of aliphatic imine (C=N–C) groups is 2. The highest BCUT2D eigenvalue weighted by molar-refractivity contribution is 5.95. The molecule has 24 heavy (non-hydrogen) atoms. The third-order valence-electron chi connectivity index (χ3n) is 3.43. The molecule has 0 amide bonds. The van der Waals surface area contributed by atoms with Crippen LogP contribution in [0.25, 0.3) is 6.08 Å². The normalized spacial score (nSPS) is 17.7. The summed E-state index contributed by atoms with van der Waals surface area (Å²) in [4.78, 5) is 14.0. The highest BCUT2D eigenvalue weighted by Gasteiger charge is 2.23. The Labute approximate surface area is 140 Å². The summed E-state index contributed by atoms with van der Waals surface area (Å²) in [5, 5.41) is 1.46. The Balaban J connectivity index is 1.74. The Morgan fingerprint density at radius 2 is 1.67 bits per heavy atom. The van der Waals surface area contributed by atoms with E-state index in [0.29, 0.717) is 6.61 Å². The molecule has 0 radical (unpaired) electrons. The molecular weight excluding hydrogens is 302 g/mol. The monoisotopic (exact) mass is 321 g/mol. The molecule has 0 spiro atoms. The lowest BCUT2D eigenvalue weighted by Crippen LogP contribution is -2.47. The van der Waals surface area contributed by atoms with Crippen LogP contribution in [0.3, 0.4) is 0 Å². The lowest BCUT2D eigenvalue weighted by Gasteiger charge is -2.29. The van der Waals surface area contributed by atoms with Gasteiger partial charge in [-0.3, -0.25) is 4.84 Å². The molecule has 1 aliphatic rings. The van der Waals surface area contributed by atoms with Crippen LogP contribution in [0.2, 0.25) is 0 Å². The Morgan fingerprint density at radius 1 is 1.00 bits per heavy atom. The number of hydrogen-bond acceptors (Lipinski definition) is 6. The van der Waals surface area contributed by atoms with Gasteiger partial charge in [0.1, 0.15) is 6.61 Å². The molecule has 2 aromatic carbocycles. The van der Waals surface area contributed by atoms with Crippen molar-refractivity contribution >= 4 is 18.0 Å². The topological polar surface area (TPSA) is 89.2 Å². The largest absolute Gasteiger partial charge is 0.368 e. The Kier molecular flexibility index (Phi) is 4.88. The zero-order valence-corrected chi connectivity index (χ0v) is 13.1. The van der Waals surface area contributed by atoms with E-state index in [9.17, 15) is 0 Å². The number of nitrogens with two attached hydrogens (primary N) is 2. The van der Waals surface area contributed by atoms with E-state index in [1.165, 1.54) is 5.06 Å². The second-order valence-electron chi connectivity index (χ2n) is 5.23. The van der Waals surface area contributed by atoms with E-state index in [2.05, 4.69) is 9.98 Å². The molecule has 2 aromatic rings. The van der Waals surface area contributed by atoms with Crippen LogP contribution >= 0.6 is 0 Å². The average Bonchev–Trinajstić information content (AvgIpc) is 2.61. The van der Waals surface area contributed by atoms with Crippen LogP contribution in [0.5, 0.6) is 0 Å². The van der Waals surface area contributed by atoms with Crippen molar-refractivity contribution in [3.63, 3.8) is 0 Å². The summed E-state index contributed by atoms with van der Waals surface area (Å²) in [7, 11) is 0. The molecule has 0 bridgehead atoms. The molecule has 4 N–H and O–H groups in total. The lowest BCUT2D eigenvalue weighted by molar-refractivity contribution is -0.128. The maximum absolute atomic E-state index is 5.95. The number of rotatable bonds is 5. The first-order valence-electron chi connectivity index (χ1n) is 7.59. The van der Waals surface area contributed by atoms with Gasteiger partial charge in [0.15, 0.2) is 6.17 Å². The molecule has 0 fully saturated rings. The van der Waals surface area contributed by atoms with Gasteiger partial charge in [0, 0.05) is 0 Å². The van der Waals surface area contributed by atoms with Gasteiger partial charge in [-0.25, -0.2) is 4.99 Å². The first kappa shape index (κ1) is 15.8. The molecule has 3 rings (SSSR count). The van der Waals surface area contributed by atoms with Gasteiger partial charge < -0.3 is 11.5 Å². The fourth-order valence-corrected chi connectivity index (χ4v) is 2.26. The molecule has 6 heteroatoms. The van der Waals surface area contributed by atoms with Crippen molar-refractivity contribution in [2.75, 3.05) is 0 Å². The zero-order chi connectivity index (χ0) is 16.8. The van der Waals surface area contributed by atoms with Gasteiger partial charge in [-0.15, -0.1) is 0 Å². The molecule has 0 aromatic heterocycles.